The Bertz CT molecular complexity index is 3650. The molecule has 0 N–H and O–H groups in total. The number of para-hydroxylation sites is 2. The molecule has 0 unspecified atom stereocenters. The van der Waals surface area contributed by atoms with Gasteiger partial charge in [0.25, 0.3) is 0 Å². The van der Waals surface area contributed by atoms with Crippen LogP contribution in [0.15, 0.2) is 237 Å². The fourth-order valence-electron chi connectivity index (χ4n) is 10.8. The number of hydrogen-bond donors (Lipinski definition) is 0. The third kappa shape index (κ3) is 5.34. The Morgan fingerprint density at radius 2 is 0.714 bits per heavy atom. The molecule has 10 aromatic carbocycles. The molecule has 1 aliphatic rings. The van der Waals surface area contributed by atoms with Gasteiger partial charge in [0.1, 0.15) is 0 Å². The Kier molecular flexibility index (Phi) is 8.17. The fraction of sp³-hybridized carbons (Fsp3) is 0. The van der Waals surface area contributed by atoms with Crippen molar-refractivity contribution in [1.82, 2.24) is 4.57 Å². The van der Waals surface area contributed by atoms with Crippen molar-refractivity contribution < 1.29 is 0 Å². The zero-order chi connectivity index (χ0) is 41.5. The predicted octanol–water partition coefficient (Wildman–Crippen LogP) is 13.5. The SMILES string of the molecule is c1ccc([Si](c2ccccc2)(c2ccc3c(c2)-c2ccccc2-c2ccccc2-c2ccccc2-3)c2cc(-n3c4ccccc4c4ccccc43)c3sc4ccccc4c3c2)cc1. The number of rotatable bonds is 5. The smallest absolute Gasteiger partial charge is 0.179 e. The summed E-state index contributed by atoms with van der Waals surface area (Å²) < 4.78 is 5.15. The van der Waals surface area contributed by atoms with Crippen LogP contribution in [0.3, 0.4) is 0 Å². The molecule has 0 fully saturated rings. The lowest BCUT2D eigenvalue weighted by atomic mass is 9.81. The highest BCUT2D eigenvalue weighted by Gasteiger charge is 2.43. The van der Waals surface area contributed by atoms with E-state index in [1.807, 2.05) is 11.3 Å². The summed E-state index contributed by atoms with van der Waals surface area (Å²) in [6.07, 6.45) is 0. The molecule has 0 aliphatic heterocycles. The summed E-state index contributed by atoms with van der Waals surface area (Å²) >= 11 is 1.91. The quantitative estimate of drug-likeness (QED) is 0.120. The van der Waals surface area contributed by atoms with E-state index in [2.05, 4.69) is 241 Å². The van der Waals surface area contributed by atoms with Crippen LogP contribution < -0.4 is 20.7 Å². The number of thiophene rings is 1. The first-order valence-electron chi connectivity index (χ1n) is 21.8. The fourth-order valence-corrected chi connectivity index (χ4v) is 16.8. The minimum atomic E-state index is -3.14. The second kappa shape index (κ2) is 14.3. The van der Waals surface area contributed by atoms with Crippen LogP contribution in [-0.4, -0.2) is 12.6 Å². The Hall–Kier alpha value is -7.56. The van der Waals surface area contributed by atoms with Gasteiger partial charge in [-0.25, -0.2) is 0 Å². The van der Waals surface area contributed by atoms with E-state index >= 15 is 0 Å². The van der Waals surface area contributed by atoms with Gasteiger partial charge >= 0.3 is 0 Å². The number of nitrogens with zero attached hydrogens (tertiary/aromatic N) is 1. The maximum Gasteiger partial charge on any atom is 0.179 e. The molecule has 294 valence electrons. The van der Waals surface area contributed by atoms with Gasteiger partial charge in [-0.1, -0.05) is 212 Å². The van der Waals surface area contributed by atoms with Crippen molar-refractivity contribution >= 4 is 82.1 Å². The number of fused-ring (bicyclic) bond motifs is 14. The molecule has 0 amide bonds. The van der Waals surface area contributed by atoms with Crippen molar-refractivity contribution in [1.29, 1.82) is 0 Å². The third-order valence-electron chi connectivity index (χ3n) is 13.5. The van der Waals surface area contributed by atoms with Crippen LogP contribution in [0.25, 0.3) is 92.2 Å². The van der Waals surface area contributed by atoms with Gasteiger partial charge in [-0.05, 0) is 89.5 Å². The number of benzene rings is 10. The first-order chi connectivity index (χ1) is 31.3. The molecule has 1 nitrogen and oxygen atoms in total. The Morgan fingerprint density at radius 3 is 1.25 bits per heavy atom. The van der Waals surface area contributed by atoms with Gasteiger partial charge < -0.3 is 4.57 Å². The Balaban J connectivity index is 1.20. The van der Waals surface area contributed by atoms with E-state index in [9.17, 15) is 0 Å². The lowest BCUT2D eigenvalue weighted by Gasteiger charge is -2.36. The van der Waals surface area contributed by atoms with Gasteiger partial charge in [0, 0.05) is 26.2 Å². The van der Waals surface area contributed by atoms with Gasteiger partial charge in [-0.3, -0.25) is 0 Å². The highest BCUT2D eigenvalue weighted by molar-refractivity contribution is 7.26. The van der Waals surface area contributed by atoms with Gasteiger partial charge in [0.15, 0.2) is 8.07 Å². The van der Waals surface area contributed by atoms with Crippen LogP contribution in [0.1, 0.15) is 0 Å². The predicted molar refractivity (Wildman–Crippen MR) is 273 cm³/mol. The second-order valence-electron chi connectivity index (χ2n) is 16.7. The van der Waals surface area contributed by atoms with Crippen LogP contribution >= 0.6 is 11.3 Å². The normalized spacial score (nSPS) is 12.1. The van der Waals surface area contributed by atoms with Crippen molar-refractivity contribution in [2.75, 3.05) is 0 Å². The molecule has 0 saturated heterocycles. The zero-order valence-corrected chi connectivity index (χ0v) is 36.2. The van der Waals surface area contributed by atoms with Crippen LogP contribution in [-0.2, 0) is 0 Å². The van der Waals surface area contributed by atoms with Gasteiger partial charge in [0.2, 0.25) is 0 Å². The molecule has 0 spiro atoms. The van der Waals surface area contributed by atoms with Crippen LogP contribution in [0.4, 0.5) is 0 Å². The Labute approximate surface area is 371 Å². The summed E-state index contributed by atoms with van der Waals surface area (Å²) in [6, 6.07) is 89.3. The third-order valence-corrected chi connectivity index (χ3v) is 19.5. The van der Waals surface area contributed by atoms with Gasteiger partial charge in [-0.2, -0.15) is 0 Å². The van der Waals surface area contributed by atoms with E-state index in [0.717, 1.165) is 0 Å². The summed E-state index contributed by atoms with van der Waals surface area (Å²) in [5.74, 6) is 0. The summed E-state index contributed by atoms with van der Waals surface area (Å²) in [5.41, 5.74) is 13.7. The minimum absolute atomic E-state index is 1.22. The average Bonchev–Trinajstić information content (AvgIpc) is 3.90. The van der Waals surface area contributed by atoms with Crippen LogP contribution in [0, 0.1) is 0 Å². The molecule has 0 atom stereocenters. The molecule has 13 rings (SSSR count). The maximum atomic E-state index is 2.58. The molecular formula is C60H39NSSi. The summed E-state index contributed by atoms with van der Waals surface area (Å²) in [7, 11) is -3.14. The molecule has 0 radical (unpaired) electrons. The standard InChI is InChI=1S/C60H39NSSi/c1-3-19-40(20-4-1)63(41-21-5-2-6-22-41,42-35-36-50-48-27-10-9-25-46(48)44-23-7-8-24-45(44)47-26-11-12-28-49(47)54(50)37-42)43-38-55-53-31-15-18-34-59(53)62-60(55)58(39-43)61-56-32-16-13-29-51(56)52-30-14-17-33-57(52)61/h1-39H. The first-order valence-corrected chi connectivity index (χ1v) is 24.6. The van der Waals surface area contributed by atoms with Crippen molar-refractivity contribution in [3.63, 3.8) is 0 Å². The monoisotopic (exact) mass is 833 g/mol. The maximum absolute atomic E-state index is 3.14. The van der Waals surface area contributed by atoms with Crippen molar-refractivity contribution in [3.8, 4) is 50.2 Å². The molecule has 2 aromatic heterocycles. The van der Waals surface area contributed by atoms with E-state index in [4.69, 9.17) is 0 Å². The van der Waals surface area contributed by atoms with Crippen molar-refractivity contribution in [3.05, 3.63) is 237 Å². The van der Waals surface area contributed by atoms with Crippen molar-refractivity contribution in [2.45, 2.75) is 0 Å². The molecule has 0 saturated carbocycles. The lowest BCUT2D eigenvalue weighted by Crippen LogP contribution is -2.74. The molecular weight excluding hydrogens is 795 g/mol. The van der Waals surface area contributed by atoms with Gasteiger partial charge in [-0.15, -0.1) is 11.3 Å². The highest BCUT2D eigenvalue weighted by atomic mass is 32.1. The largest absolute Gasteiger partial charge is 0.308 e. The number of hydrogen-bond acceptors (Lipinski definition) is 1. The topological polar surface area (TPSA) is 4.93 Å². The van der Waals surface area contributed by atoms with E-state index in [0.29, 0.717) is 0 Å². The number of aromatic nitrogens is 1. The first kappa shape index (κ1) is 36.1. The van der Waals surface area contributed by atoms with E-state index in [-0.39, 0.29) is 0 Å². The molecule has 3 heteroatoms. The summed E-state index contributed by atoms with van der Waals surface area (Å²) in [5, 5.41) is 10.6. The summed E-state index contributed by atoms with van der Waals surface area (Å²) in [6.45, 7) is 0. The van der Waals surface area contributed by atoms with E-state index in [1.54, 1.807) is 0 Å². The Morgan fingerprint density at radius 1 is 0.286 bits per heavy atom. The highest BCUT2D eigenvalue weighted by Crippen LogP contribution is 2.48. The van der Waals surface area contributed by atoms with Gasteiger partial charge in [0.05, 0.1) is 21.4 Å². The minimum Gasteiger partial charge on any atom is -0.308 e. The van der Waals surface area contributed by atoms with Crippen molar-refractivity contribution in [2.24, 2.45) is 0 Å². The van der Waals surface area contributed by atoms with E-state index in [1.165, 1.54) is 113 Å². The zero-order valence-electron chi connectivity index (χ0n) is 34.4. The molecule has 63 heavy (non-hydrogen) atoms. The molecule has 1 aliphatic carbocycles. The molecule has 0 bridgehead atoms. The summed E-state index contributed by atoms with van der Waals surface area (Å²) in [4.78, 5) is 0. The van der Waals surface area contributed by atoms with Crippen LogP contribution in [0.5, 0.6) is 0 Å². The lowest BCUT2D eigenvalue weighted by molar-refractivity contribution is 1.20. The second-order valence-corrected chi connectivity index (χ2v) is 21.6. The average molecular weight is 834 g/mol. The van der Waals surface area contributed by atoms with Crippen LogP contribution in [0.2, 0.25) is 0 Å². The molecule has 12 aromatic rings. The molecule has 2 heterocycles. The van der Waals surface area contributed by atoms with E-state index < -0.39 is 8.07 Å².